The van der Waals surface area contributed by atoms with Gasteiger partial charge in [0.1, 0.15) is 5.15 Å². The van der Waals surface area contributed by atoms with Crippen molar-refractivity contribution in [1.82, 2.24) is 9.97 Å². The summed E-state index contributed by atoms with van der Waals surface area (Å²) in [5.74, 6) is 0.688. The molecular weight excluding hydrogens is 220 g/mol. The molecule has 0 fully saturated rings. The maximum absolute atomic E-state index is 5.91. The first kappa shape index (κ1) is 11.1. The molecule has 0 atom stereocenters. The smallest absolute Gasteiger partial charge is 0.161 e. The number of aromatic nitrogens is 2. The number of rotatable bonds is 2. The number of hydrogen-bond acceptors (Lipinski definition) is 2. The summed E-state index contributed by atoms with van der Waals surface area (Å²) >= 11 is 5.91. The Labute approximate surface area is 100 Å². The van der Waals surface area contributed by atoms with Gasteiger partial charge in [-0.1, -0.05) is 42.8 Å². The molecule has 0 aliphatic rings. The molecule has 1 aromatic heterocycles. The Hall–Kier alpha value is -1.41. The Bertz CT molecular complexity index is 472. The van der Waals surface area contributed by atoms with E-state index in [9.17, 15) is 0 Å². The van der Waals surface area contributed by atoms with Crippen molar-refractivity contribution in [3.8, 4) is 11.4 Å². The molecule has 1 heterocycles. The third-order valence-electron chi connectivity index (χ3n) is 2.44. The van der Waals surface area contributed by atoms with Gasteiger partial charge in [-0.05, 0) is 25.0 Å². The van der Waals surface area contributed by atoms with E-state index in [1.807, 2.05) is 19.1 Å². The molecule has 2 aromatic rings. The molecule has 82 valence electrons. The highest BCUT2D eigenvalue weighted by molar-refractivity contribution is 6.29. The molecule has 0 aliphatic carbocycles. The maximum atomic E-state index is 5.91. The highest BCUT2D eigenvalue weighted by atomic mass is 35.5. The Morgan fingerprint density at radius 1 is 1.12 bits per heavy atom. The monoisotopic (exact) mass is 232 g/mol. The van der Waals surface area contributed by atoms with Crippen LogP contribution >= 0.6 is 11.6 Å². The molecule has 2 rings (SSSR count). The predicted octanol–water partition coefficient (Wildman–Crippen LogP) is 3.67. The Morgan fingerprint density at radius 3 is 2.38 bits per heavy atom. The van der Waals surface area contributed by atoms with Crippen LogP contribution in [0.2, 0.25) is 5.15 Å². The molecule has 0 saturated carbocycles. The van der Waals surface area contributed by atoms with Crippen LogP contribution in [0.1, 0.15) is 18.2 Å². The minimum Gasteiger partial charge on any atom is -0.233 e. The van der Waals surface area contributed by atoms with E-state index in [0.29, 0.717) is 11.0 Å². The SMILES string of the molecule is CCc1ccc(-c2nc(C)cc(Cl)n2)cc1. The van der Waals surface area contributed by atoms with Gasteiger partial charge >= 0.3 is 0 Å². The number of aryl methyl sites for hydroxylation is 2. The fourth-order valence-corrected chi connectivity index (χ4v) is 1.79. The highest BCUT2D eigenvalue weighted by Crippen LogP contribution is 2.18. The molecule has 2 nitrogen and oxygen atoms in total. The summed E-state index contributed by atoms with van der Waals surface area (Å²) < 4.78 is 0. The van der Waals surface area contributed by atoms with Crippen LogP contribution in [-0.2, 0) is 6.42 Å². The molecule has 1 aromatic carbocycles. The fourth-order valence-electron chi connectivity index (χ4n) is 1.55. The molecule has 0 bridgehead atoms. The average molecular weight is 233 g/mol. The summed E-state index contributed by atoms with van der Waals surface area (Å²) in [6.07, 6.45) is 1.04. The number of nitrogens with zero attached hydrogens (tertiary/aromatic N) is 2. The summed E-state index contributed by atoms with van der Waals surface area (Å²) in [5.41, 5.74) is 3.19. The lowest BCUT2D eigenvalue weighted by Gasteiger charge is -2.03. The largest absolute Gasteiger partial charge is 0.233 e. The van der Waals surface area contributed by atoms with Gasteiger partial charge in [0.2, 0.25) is 0 Å². The molecule has 3 heteroatoms. The molecule has 0 aliphatic heterocycles. The van der Waals surface area contributed by atoms with E-state index in [2.05, 4.69) is 29.0 Å². The van der Waals surface area contributed by atoms with Crippen molar-refractivity contribution in [3.63, 3.8) is 0 Å². The fraction of sp³-hybridized carbons (Fsp3) is 0.231. The molecule has 0 radical (unpaired) electrons. The van der Waals surface area contributed by atoms with Crippen molar-refractivity contribution < 1.29 is 0 Å². The minimum absolute atomic E-state index is 0.488. The third-order valence-corrected chi connectivity index (χ3v) is 2.64. The number of hydrogen-bond donors (Lipinski definition) is 0. The first-order valence-electron chi connectivity index (χ1n) is 5.29. The van der Waals surface area contributed by atoms with Crippen LogP contribution in [0, 0.1) is 6.92 Å². The first-order chi connectivity index (χ1) is 7.69. The standard InChI is InChI=1S/C13H13ClN2/c1-3-10-4-6-11(7-5-10)13-15-9(2)8-12(14)16-13/h4-8H,3H2,1-2H3. The Kier molecular flexibility index (Phi) is 3.20. The van der Waals surface area contributed by atoms with Gasteiger partial charge < -0.3 is 0 Å². The zero-order valence-corrected chi connectivity index (χ0v) is 10.1. The van der Waals surface area contributed by atoms with Crippen LogP contribution in [0.5, 0.6) is 0 Å². The van der Waals surface area contributed by atoms with E-state index < -0.39 is 0 Å². The van der Waals surface area contributed by atoms with E-state index in [1.54, 1.807) is 6.07 Å². The van der Waals surface area contributed by atoms with Crippen molar-refractivity contribution in [2.45, 2.75) is 20.3 Å². The quantitative estimate of drug-likeness (QED) is 0.739. The van der Waals surface area contributed by atoms with E-state index >= 15 is 0 Å². The highest BCUT2D eigenvalue weighted by Gasteiger charge is 2.03. The lowest BCUT2D eigenvalue weighted by Crippen LogP contribution is -1.92. The van der Waals surface area contributed by atoms with Crippen LogP contribution in [0.15, 0.2) is 30.3 Å². The van der Waals surface area contributed by atoms with E-state index in [0.717, 1.165) is 17.7 Å². The van der Waals surface area contributed by atoms with Gasteiger partial charge in [0.15, 0.2) is 5.82 Å². The number of benzene rings is 1. The summed E-state index contributed by atoms with van der Waals surface area (Å²) in [7, 11) is 0. The normalized spacial score (nSPS) is 10.4. The zero-order chi connectivity index (χ0) is 11.5. The zero-order valence-electron chi connectivity index (χ0n) is 9.37. The maximum Gasteiger partial charge on any atom is 0.161 e. The molecule has 16 heavy (non-hydrogen) atoms. The van der Waals surface area contributed by atoms with Crippen LogP contribution in [0.3, 0.4) is 0 Å². The van der Waals surface area contributed by atoms with Crippen LogP contribution in [0.4, 0.5) is 0 Å². The summed E-state index contributed by atoms with van der Waals surface area (Å²) in [4.78, 5) is 8.58. The molecule has 0 saturated heterocycles. The molecular formula is C13H13ClN2. The van der Waals surface area contributed by atoms with E-state index in [1.165, 1.54) is 5.56 Å². The van der Waals surface area contributed by atoms with E-state index in [4.69, 9.17) is 11.6 Å². The van der Waals surface area contributed by atoms with Gasteiger partial charge in [-0.3, -0.25) is 0 Å². The van der Waals surface area contributed by atoms with Crippen molar-refractivity contribution in [2.24, 2.45) is 0 Å². The van der Waals surface area contributed by atoms with Gasteiger partial charge in [0.05, 0.1) is 0 Å². The van der Waals surface area contributed by atoms with Crippen molar-refractivity contribution in [3.05, 3.63) is 46.7 Å². The molecule has 0 unspecified atom stereocenters. The average Bonchev–Trinajstić information content (AvgIpc) is 2.28. The van der Waals surface area contributed by atoms with Gasteiger partial charge in [0, 0.05) is 11.3 Å². The van der Waals surface area contributed by atoms with Gasteiger partial charge in [0.25, 0.3) is 0 Å². The van der Waals surface area contributed by atoms with Crippen LogP contribution in [-0.4, -0.2) is 9.97 Å². The van der Waals surface area contributed by atoms with Crippen molar-refractivity contribution in [1.29, 1.82) is 0 Å². The number of halogens is 1. The van der Waals surface area contributed by atoms with Crippen molar-refractivity contribution in [2.75, 3.05) is 0 Å². The second-order valence-electron chi connectivity index (χ2n) is 3.71. The first-order valence-corrected chi connectivity index (χ1v) is 5.67. The Morgan fingerprint density at radius 2 is 1.81 bits per heavy atom. The molecule has 0 N–H and O–H groups in total. The molecule has 0 amide bonds. The van der Waals surface area contributed by atoms with E-state index in [-0.39, 0.29) is 0 Å². The third kappa shape index (κ3) is 2.39. The topological polar surface area (TPSA) is 25.8 Å². The van der Waals surface area contributed by atoms with Crippen LogP contribution in [0.25, 0.3) is 11.4 Å². The minimum atomic E-state index is 0.488. The van der Waals surface area contributed by atoms with Gasteiger partial charge in [-0.25, -0.2) is 9.97 Å². The van der Waals surface area contributed by atoms with Crippen LogP contribution < -0.4 is 0 Å². The summed E-state index contributed by atoms with van der Waals surface area (Å²) in [5, 5.41) is 0.488. The lowest BCUT2D eigenvalue weighted by molar-refractivity contribution is 1.10. The second-order valence-corrected chi connectivity index (χ2v) is 4.09. The Balaban J connectivity index is 2.42. The van der Waals surface area contributed by atoms with Gasteiger partial charge in [-0.2, -0.15) is 0 Å². The van der Waals surface area contributed by atoms with Gasteiger partial charge in [-0.15, -0.1) is 0 Å². The lowest BCUT2D eigenvalue weighted by atomic mass is 10.1. The molecule has 0 spiro atoms. The summed E-state index contributed by atoms with van der Waals surface area (Å²) in [6, 6.07) is 10.0. The second kappa shape index (κ2) is 4.62. The summed E-state index contributed by atoms with van der Waals surface area (Å²) in [6.45, 7) is 4.05. The predicted molar refractivity (Wildman–Crippen MR) is 66.6 cm³/mol. The van der Waals surface area contributed by atoms with Crippen molar-refractivity contribution >= 4 is 11.6 Å².